The lowest BCUT2D eigenvalue weighted by Crippen LogP contribution is -2.13. The molecule has 2 N–H and O–H groups in total. The van der Waals surface area contributed by atoms with E-state index in [1.165, 1.54) is 6.08 Å². The van der Waals surface area contributed by atoms with Gasteiger partial charge in [0, 0.05) is 6.42 Å². The van der Waals surface area contributed by atoms with Crippen molar-refractivity contribution in [3.05, 3.63) is 59.7 Å². The predicted molar refractivity (Wildman–Crippen MR) is 67.3 cm³/mol. The van der Waals surface area contributed by atoms with Crippen LogP contribution in [0.5, 0.6) is 0 Å². The van der Waals surface area contributed by atoms with Crippen molar-refractivity contribution >= 4 is 11.9 Å². The van der Waals surface area contributed by atoms with E-state index in [4.69, 9.17) is 10.2 Å². The highest BCUT2D eigenvalue weighted by Gasteiger charge is 2.19. The van der Waals surface area contributed by atoms with Crippen LogP contribution in [0.1, 0.15) is 12.0 Å². The highest BCUT2D eigenvalue weighted by Crippen LogP contribution is 2.16. The lowest BCUT2D eigenvalue weighted by Gasteiger charge is -2.07. The first kappa shape index (κ1) is 13.7. The summed E-state index contributed by atoms with van der Waals surface area (Å²) in [6.45, 7) is 3.44. The molecule has 0 fully saturated rings. The Morgan fingerprint density at radius 3 is 2.06 bits per heavy atom. The van der Waals surface area contributed by atoms with Crippen molar-refractivity contribution in [2.75, 3.05) is 0 Å². The number of carboxylic acid groups (broad SMARTS) is 2. The lowest BCUT2D eigenvalue weighted by molar-refractivity contribution is -0.136. The molecule has 0 bridgehead atoms. The van der Waals surface area contributed by atoms with Crippen molar-refractivity contribution in [2.45, 2.75) is 12.8 Å². The summed E-state index contributed by atoms with van der Waals surface area (Å²) in [5, 5.41) is 18.2. The number of carboxylic acids is 2. The molecule has 18 heavy (non-hydrogen) atoms. The number of hydrogen-bond donors (Lipinski definition) is 2. The van der Waals surface area contributed by atoms with E-state index in [0.29, 0.717) is 0 Å². The van der Waals surface area contributed by atoms with Crippen LogP contribution in [0.25, 0.3) is 0 Å². The maximum absolute atomic E-state index is 11.2. The molecule has 0 saturated carbocycles. The standard InChI is InChI=1S/C14H14O4/c1-2-6-11(13(15)16)12(14(17)18)9-10-7-4-3-5-8-10/h2-5,7-8H,1,6,9H2,(H,15,16)(H,17,18)/b12-11-. The van der Waals surface area contributed by atoms with Crippen molar-refractivity contribution in [3.8, 4) is 0 Å². The van der Waals surface area contributed by atoms with E-state index in [-0.39, 0.29) is 24.0 Å². The first-order valence-electron chi connectivity index (χ1n) is 5.39. The largest absolute Gasteiger partial charge is 0.478 e. The predicted octanol–water partition coefficient (Wildman–Crippen LogP) is 2.27. The number of carbonyl (C=O) groups is 2. The summed E-state index contributed by atoms with van der Waals surface area (Å²) in [6.07, 6.45) is 1.51. The molecule has 4 nitrogen and oxygen atoms in total. The molecule has 0 heterocycles. The van der Waals surface area contributed by atoms with Gasteiger partial charge in [-0.05, 0) is 12.0 Å². The first-order valence-corrected chi connectivity index (χ1v) is 5.39. The molecule has 0 spiro atoms. The Bertz CT molecular complexity index is 486. The molecule has 0 amide bonds. The van der Waals surface area contributed by atoms with Crippen molar-refractivity contribution in [3.63, 3.8) is 0 Å². The molecule has 4 heteroatoms. The van der Waals surface area contributed by atoms with Gasteiger partial charge in [-0.2, -0.15) is 0 Å². The van der Waals surface area contributed by atoms with Gasteiger partial charge in [-0.15, -0.1) is 6.58 Å². The quantitative estimate of drug-likeness (QED) is 0.596. The third kappa shape index (κ3) is 3.59. The van der Waals surface area contributed by atoms with Gasteiger partial charge >= 0.3 is 11.9 Å². The van der Waals surface area contributed by atoms with Crippen LogP contribution in [0.4, 0.5) is 0 Å². The first-order chi connectivity index (χ1) is 8.56. The van der Waals surface area contributed by atoms with Gasteiger partial charge in [-0.3, -0.25) is 0 Å². The molecule has 0 aliphatic heterocycles. The summed E-state index contributed by atoms with van der Waals surface area (Å²) in [6, 6.07) is 8.90. The van der Waals surface area contributed by atoms with Crippen molar-refractivity contribution in [1.29, 1.82) is 0 Å². The minimum absolute atomic E-state index is 0.0315. The molecule has 0 aromatic heterocycles. The van der Waals surface area contributed by atoms with E-state index in [0.717, 1.165) is 5.56 Å². The summed E-state index contributed by atoms with van der Waals surface area (Å²) in [7, 11) is 0. The Balaban J connectivity index is 3.15. The molecule has 1 aromatic carbocycles. The van der Waals surface area contributed by atoms with Crippen LogP contribution >= 0.6 is 0 Å². The molecule has 1 rings (SSSR count). The number of benzene rings is 1. The molecule has 0 unspecified atom stereocenters. The Morgan fingerprint density at radius 2 is 1.61 bits per heavy atom. The monoisotopic (exact) mass is 246 g/mol. The Kier molecular flexibility index (Phi) is 4.87. The van der Waals surface area contributed by atoms with Crippen LogP contribution in [0, 0.1) is 0 Å². The fourth-order valence-corrected chi connectivity index (χ4v) is 1.60. The second kappa shape index (κ2) is 6.39. The maximum atomic E-state index is 11.2. The smallest absolute Gasteiger partial charge is 0.332 e. The van der Waals surface area contributed by atoms with E-state index in [9.17, 15) is 9.59 Å². The van der Waals surface area contributed by atoms with Gasteiger partial charge in [0.25, 0.3) is 0 Å². The molecular weight excluding hydrogens is 232 g/mol. The van der Waals surface area contributed by atoms with Crippen LogP contribution in [0.2, 0.25) is 0 Å². The van der Waals surface area contributed by atoms with Crippen molar-refractivity contribution < 1.29 is 19.8 Å². The normalized spacial score (nSPS) is 11.6. The topological polar surface area (TPSA) is 74.6 Å². The van der Waals surface area contributed by atoms with E-state index >= 15 is 0 Å². The zero-order chi connectivity index (χ0) is 13.5. The number of rotatable bonds is 6. The Labute approximate surface area is 105 Å². The highest BCUT2D eigenvalue weighted by molar-refractivity contribution is 5.99. The van der Waals surface area contributed by atoms with Gasteiger partial charge in [0.05, 0.1) is 11.1 Å². The van der Waals surface area contributed by atoms with E-state index in [1.807, 2.05) is 6.07 Å². The minimum atomic E-state index is -1.22. The summed E-state index contributed by atoms with van der Waals surface area (Å²) >= 11 is 0. The number of hydrogen-bond acceptors (Lipinski definition) is 2. The van der Waals surface area contributed by atoms with E-state index in [2.05, 4.69) is 6.58 Å². The van der Waals surface area contributed by atoms with Crippen LogP contribution in [-0.2, 0) is 16.0 Å². The van der Waals surface area contributed by atoms with Gasteiger partial charge in [-0.1, -0.05) is 36.4 Å². The third-order valence-electron chi connectivity index (χ3n) is 2.45. The van der Waals surface area contributed by atoms with Gasteiger partial charge < -0.3 is 10.2 Å². The molecule has 0 aliphatic rings. The lowest BCUT2D eigenvalue weighted by atomic mass is 9.98. The van der Waals surface area contributed by atoms with Crippen molar-refractivity contribution in [1.82, 2.24) is 0 Å². The molecule has 0 radical (unpaired) electrons. The number of aliphatic carboxylic acids is 2. The van der Waals surface area contributed by atoms with Gasteiger partial charge in [0.15, 0.2) is 0 Å². The SMILES string of the molecule is C=CC/C(C(=O)O)=C(\Cc1ccccc1)C(=O)O. The van der Waals surface area contributed by atoms with E-state index < -0.39 is 11.9 Å². The molecule has 94 valence electrons. The summed E-state index contributed by atoms with van der Waals surface area (Å²) in [5.41, 5.74) is 0.535. The Morgan fingerprint density at radius 1 is 1.06 bits per heavy atom. The highest BCUT2D eigenvalue weighted by atomic mass is 16.4. The summed E-state index contributed by atoms with van der Waals surface area (Å²) in [4.78, 5) is 22.2. The molecular formula is C14H14O4. The van der Waals surface area contributed by atoms with Crippen LogP contribution in [0.3, 0.4) is 0 Å². The van der Waals surface area contributed by atoms with Gasteiger partial charge in [0.2, 0.25) is 0 Å². The molecule has 0 aliphatic carbocycles. The van der Waals surface area contributed by atoms with Gasteiger partial charge in [-0.25, -0.2) is 9.59 Å². The van der Waals surface area contributed by atoms with Crippen molar-refractivity contribution in [2.24, 2.45) is 0 Å². The van der Waals surface area contributed by atoms with Crippen LogP contribution in [0.15, 0.2) is 54.1 Å². The van der Waals surface area contributed by atoms with E-state index in [1.54, 1.807) is 24.3 Å². The summed E-state index contributed by atoms with van der Waals surface area (Å²) < 4.78 is 0. The molecule has 0 atom stereocenters. The minimum Gasteiger partial charge on any atom is -0.478 e. The average molecular weight is 246 g/mol. The second-order valence-electron chi connectivity index (χ2n) is 3.72. The van der Waals surface area contributed by atoms with Crippen LogP contribution < -0.4 is 0 Å². The molecule has 1 aromatic rings. The molecule has 0 saturated heterocycles. The maximum Gasteiger partial charge on any atom is 0.332 e. The average Bonchev–Trinajstić information content (AvgIpc) is 2.34. The Hall–Kier alpha value is -2.36. The summed E-state index contributed by atoms with van der Waals surface area (Å²) in [5.74, 6) is -2.43. The zero-order valence-corrected chi connectivity index (χ0v) is 9.80. The second-order valence-corrected chi connectivity index (χ2v) is 3.72. The fourth-order valence-electron chi connectivity index (χ4n) is 1.60. The third-order valence-corrected chi connectivity index (χ3v) is 2.45. The van der Waals surface area contributed by atoms with Gasteiger partial charge in [0.1, 0.15) is 0 Å². The number of allylic oxidation sites excluding steroid dienone is 1. The zero-order valence-electron chi connectivity index (χ0n) is 9.80. The fraction of sp³-hybridized carbons (Fsp3) is 0.143. The van der Waals surface area contributed by atoms with Crippen LogP contribution in [-0.4, -0.2) is 22.2 Å².